The van der Waals surface area contributed by atoms with Gasteiger partial charge in [-0.05, 0) is 48.7 Å². The van der Waals surface area contributed by atoms with Crippen LogP contribution in [0.5, 0.6) is 0 Å². The smallest absolute Gasteiger partial charge is 0.255 e. The Balaban J connectivity index is 1.57. The van der Waals surface area contributed by atoms with E-state index in [-0.39, 0.29) is 23.6 Å². The molecule has 0 unspecified atom stereocenters. The monoisotopic (exact) mass is 351 g/mol. The molecule has 0 aromatic heterocycles. The summed E-state index contributed by atoms with van der Waals surface area (Å²) in [5.41, 5.74) is 2.69. The fourth-order valence-electron chi connectivity index (χ4n) is 2.53. The minimum Gasteiger partial charge on any atom is -0.352 e. The van der Waals surface area contributed by atoms with E-state index in [9.17, 15) is 14.4 Å². The number of nitrogens with one attached hydrogen (secondary N) is 3. The van der Waals surface area contributed by atoms with Gasteiger partial charge in [-0.2, -0.15) is 0 Å². The van der Waals surface area contributed by atoms with Gasteiger partial charge in [0, 0.05) is 36.3 Å². The Kier molecular flexibility index (Phi) is 5.31. The van der Waals surface area contributed by atoms with Crippen LogP contribution in [-0.4, -0.2) is 17.7 Å². The highest BCUT2D eigenvalue weighted by molar-refractivity contribution is 6.04. The summed E-state index contributed by atoms with van der Waals surface area (Å²) in [5.74, 6) is -0.115. The molecule has 0 heterocycles. The first-order valence-electron chi connectivity index (χ1n) is 8.57. The summed E-state index contributed by atoms with van der Waals surface area (Å²) < 4.78 is 0. The van der Waals surface area contributed by atoms with Gasteiger partial charge in [0.05, 0.1) is 0 Å². The predicted octanol–water partition coefficient (Wildman–Crippen LogP) is 2.92. The number of hydrogen-bond acceptors (Lipinski definition) is 3. The van der Waals surface area contributed by atoms with E-state index in [1.54, 1.807) is 36.4 Å². The van der Waals surface area contributed by atoms with Gasteiger partial charge < -0.3 is 16.0 Å². The molecular formula is C20H21N3O3. The summed E-state index contributed by atoms with van der Waals surface area (Å²) >= 11 is 0. The SMILES string of the molecule is CC(=O)Nc1cccc(NC(=O)c2ccc(CNC(=O)C3CC3)cc2)c1. The number of carbonyl (C=O) groups is 3. The maximum atomic E-state index is 12.4. The number of carbonyl (C=O) groups excluding carboxylic acids is 3. The summed E-state index contributed by atoms with van der Waals surface area (Å²) in [5, 5.41) is 8.38. The van der Waals surface area contributed by atoms with Gasteiger partial charge in [0.2, 0.25) is 11.8 Å². The minimum absolute atomic E-state index is 0.103. The number of rotatable bonds is 6. The first kappa shape index (κ1) is 17.7. The van der Waals surface area contributed by atoms with Crippen molar-refractivity contribution in [3.05, 3.63) is 59.7 Å². The van der Waals surface area contributed by atoms with Crippen LogP contribution in [-0.2, 0) is 16.1 Å². The van der Waals surface area contributed by atoms with Crippen molar-refractivity contribution in [1.29, 1.82) is 0 Å². The molecule has 0 bridgehead atoms. The lowest BCUT2D eigenvalue weighted by Crippen LogP contribution is -2.24. The standard InChI is InChI=1S/C20H21N3O3/c1-13(24)22-17-3-2-4-18(11-17)23-20(26)16-7-5-14(6-8-16)12-21-19(25)15-9-10-15/h2-8,11,15H,9-10,12H2,1H3,(H,21,25)(H,22,24)(H,23,26). The van der Waals surface area contributed by atoms with Crippen LogP contribution in [0.4, 0.5) is 11.4 Å². The molecule has 2 aromatic carbocycles. The molecule has 6 nitrogen and oxygen atoms in total. The molecule has 3 amide bonds. The topological polar surface area (TPSA) is 87.3 Å². The Hall–Kier alpha value is -3.15. The molecule has 2 aromatic rings. The van der Waals surface area contributed by atoms with Crippen molar-refractivity contribution in [1.82, 2.24) is 5.32 Å². The van der Waals surface area contributed by atoms with Crippen LogP contribution >= 0.6 is 0 Å². The first-order valence-corrected chi connectivity index (χ1v) is 8.57. The van der Waals surface area contributed by atoms with Gasteiger partial charge in [0.15, 0.2) is 0 Å². The third-order valence-corrected chi connectivity index (χ3v) is 4.07. The molecule has 0 radical (unpaired) electrons. The third-order valence-electron chi connectivity index (χ3n) is 4.07. The molecule has 6 heteroatoms. The zero-order valence-corrected chi connectivity index (χ0v) is 14.5. The summed E-state index contributed by atoms with van der Waals surface area (Å²) in [7, 11) is 0. The van der Waals surface area contributed by atoms with Crippen molar-refractivity contribution < 1.29 is 14.4 Å². The molecule has 0 saturated heterocycles. The Labute approximate surface area is 152 Å². The Morgan fingerprint density at radius 1 is 0.962 bits per heavy atom. The van der Waals surface area contributed by atoms with Crippen LogP contribution < -0.4 is 16.0 Å². The molecular weight excluding hydrogens is 330 g/mol. The maximum Gasteiger partial charge on any atom is 0.255 e. The van der Waals surface area contributed by atoms with Crippen LogP contribution in [0, 0.1) is 5.92 Å². The maximum absolute atomic E-state index is 12.4. The lowest BCUT2D eigenvalue weighted by molar-refractivity contribution is -0.122. The van der Waals surface area contributed by atoms with E-state index in [2.05, 4.69) is 16.0 Å². The highest BCUT2D eigenvalue weighted by Crippen LogP contribution is 2.28. The molecule has 3 rings (SSSR count). The Morgan fingerprint density at radius 3 is 2.23 bits per heavy atom. The highest BCUT2D eigenvalue weighted by Gasteiger charge is 2.29. The van der Waals surface area contributed by atoms with E-state index in [0.29, 0.717) is 23.5 Å². The normalized spacial score (nSPS) is 13.0. The van der Waals surface area contributed by atoms with E-state index in [0.717, 1.165) is 18.4 Å². The average Bonchev–Trinajstić information content (AvgIpc) is 3.45. The van der Waals surface area contributed by atoms with E-state index < -0.39 is 0 Å². The fourth-order valence-corrected chi connectivity index (χ4v) is 2.53. The van der Waals surface area contributed by atoms with Gasteiger partial charge in [0.25, 0.3) is 5.91 Å². The van der Waals surface area contributed by atoms with Gasteiger partial charge in [-0.1, -0.05) is 18.2 Å². The molecule has 1 saturated carbocycles. The summed E-state index contributed by atoms with van der Waals surface area (Å²) in [4.78, 5) is 35.1. The lowest BCUT2D eigenvalue weighted by atomic mass is 10.1. The number of hydrogen-bond donors (Lipinski definition) is 3. The Bertz CT molecular complexity index is 826. The van der Waals surface area contributed by atoms with Crippen molar-refractivity contribution in [3.8, 4) is 0 Å². The van der Waals surface area contributed by atoms with Crippen LogP contribution in [0.1, 0.15) is 35.7 Å². The van der Waals surface area contributed by atoms with E-state index >= 15 is 0 Å². The lowest BCUT2D eigenvalue weighted by Gasteiger charge is -2.09. The molecule has 1 fully saturated rings. The second-order valence-electron chi connectivity index (χ2n) is 6.41. The minimum atomic E-state index is -0.237. The number of amides is 3. The van der Waals surface area contributed by atoms with Crippen molar-refractivity contribution in [2.24, 2.45) is 5.92 Å². The van der Waals surface area contributed by atoms with Crippen LogP contribution in [0.2, 0.25) is 0 Å². The molecule has 0 aliphatic heterocycles. The quantitative estimate of drug-likeness (QED) is 0.748. The molecule has 26 heavy (non-hydrogen) atoms. The summed E-state index contributed by atoms with van der Waals surface area (Å²) in [6.07, 6.45) is 1.96. The van der Waals surface area contributed by atoms with Gasteiger partial charge in [0.1, 0.15) is 0 Å². The van der Waals surface area contributed by atoms with Gasteiger partial charge in [-0.15, -0.1) is 0 Å². The summed E-state index contributed by atoms with van der Waals surface area (Å²) in [6.45, 7) is 1.90. The third kappa shape index (κ3) is 4.92. The second-order valence-corrected chi connectivity index (χ2v) is 6.41. The van der Waals surface area contributed by atoms with Crippen LogP contribution in [0.25, 0.3) is 0 Å². The molecule has 134 valence electrons. The zero-order valence-electron chi connectivity index (χ0n) is 14.5. The van der Waals surface area contributed by atoms with E-state index in [4.69, 9.17) is 0 Å². The molecule has 3 N–H and O–H groups in total. The number of benzene rings is 2. The van der Waals surface area contributed by atoms with Crippen molar-refractivity contribution in [2.75, 3.05) is 10.6 Å². The molecule has 1 aliphatic rings. The number of anilines is 2. The van der Waals surface area contributed by atoms with E-state index in [1.165, 1.54) is 6.92 Å². The molecule has 1 aliphatic carbocycles. The van der Waals surface area contributed by atoms with Crippen molar-refractivity contribution in [3.63, 3.8) is 0 Å². The average molecular weight is 351 g/mol. The van der Waals surface area contributed by atoms with Crippen molar-refractivity contribution in [2.45, 2.75) is 26.3 Å². The van der Waals surface area contributed by atoms with Crippen LogP contribution in [0.15, 0.2) is 48.5 Å². The van der Waals surface area contributed by atoms with E-state index in [1.807, 2.05) is 12.1 Å². The molecule has 0 spiro atoms. The second kappa shape index (κ2) is 7.82. The molecule has 0 atom stereocenters. The van der Waals surface area contributed by atoms with Gasteiger partial charge in [-0.3, -0.25) is 14.4 Å². The Morgan fingerprint density at radius 2 is 1.62 bits per heavy atom. The fraction of sp³-hybridized carbons (Fsp3) is 0.250. The van der Waals surface area contributed by atoms with Gasteiger partial charge in [-0.25, -0.2) is 0 Å². The predicted molar refractivity (Wildman–Crippen MR) is 99.7 cm³/mol. The van der Waals surface area contributed by atoms with Gasteiger partial charge >= 0.3 is 0 Å². The van der Waals surface area contributed by atoms with Crippen LogP contribution in [0.3, 0.4) is 0 Å². The largest absolute Gasteiger partial charge is 0.352 e. The first-order chi connectivity index (χ1) is 12.5. The highest BCUT2D eigenvalue weighted by atomic mass is 16.2. The summed E-state index contributed by atoms with van der Waals surface area (Å²) in [6, 6.07) is 14.1. The zero-order chi connectivity index (χ0) is 18.5. The van der Waals surface area contributed by atoms with Crippen molar-refractivity contribution >= 4 is 29.1 Å².